The Kier molecular flexibility index (Phi) is 7.95. The molecule has 0 saturated carbocycles. The highest BCUT2D eigenvalue weighted by molar-refractivity contribution is 6.74. The summed E-state index contributed by atoms with van der Waals surface area (Å²) in [5, 5.41) is 21.5. The Hall–Kier alpha value is 0.194. The molecule has 0 aliphatic carbocycles. The van der Waals surface area contributed by atoms with Crippen molar-refractivity contribution < 1.29 is 28.5 Å². The van der Waals surface area contributed by atoms with Gasteiger partial charge in [0.15, 0.2) is 22.9 Å². The maximum atomic E-state index is 10.8. The summed E-state index contributed by atoms with van der Waals surface area (Å²) in [6.07, 6.45) is -4.30. The number of methoxy groups -OCH3 is 1. The van der Waals surface area contributed by atoms with Gasteiger partial charge in [0.05, 0.1) is 6.61 Å². The van der Waals surface area contributed by atoms with E-state index in [1.807, 2.05) is 0 Å². The summed E-state index contributed by atoms with van der Waals surface area (Å²) in [5.41, 5.74) is 0. The fourth-order valence-electron chi connectivity index (χ4n) is 2.38. The minimum atomic E-state index is -2.17. The second-order valence-electron chi connectivity index (χ2n) is 10.7. The van der Waals surface area contributed by atoms with Crippen LogP contribution in [0.5, 0.6) is 0 Å². The van der Waals surface area contributed by atoms with Crippen molar-refractivity contribution in [2.24, 2.45) is 0 Å². The zero-order valence-corrected chi connectivity index (χ0v) is 21.1. The van der Waals surface area contributed by atoms with Gasteiger partial charge in [0, 0.05) is 7.11 Å². The number of aliphatic hydroxyl groups excluding tert-OH is 2. The predicted molar refractivity (Wildman–Crippen MR) is 113 cm³/mol. The standard InChI is InChI=1S/C19H42O6Si2/c1-18(2,3)26(8,9)23-12-13-14(20)15(21)16(17(22-7)24-13)25-27(10,11)19(4,5)6/h13-17,20-21H,12H2,1-11H3/t13-,14+,15+,16-,17-/m1/s1. The molecule has 8 heteroatoms. The van der Waals surface area contributed by atoms with E-state index >= 15 is 0 Å². The third kappa shape index (κ3) is 5.85. The molecule has 0 aromatic carbocycles. The van der Waals surface area contributed by atoms with Gasteiger partial charge in [-0.05, 0) is 36.3 Å². The first-order chi connectivity index (χ1) is 11.9. The molecule has 1 saturated heterocycles. The number of hydrogen-bond acceptors (Lipinski definition) is 6. The lowest BCUT2D eigenvalue weighted by Crippen LogP contribution is -2.63. The fraction of sp³-hybridized carbons (Fsp3) is 1.00. The molecule has 1 heterocycles. The number of aliphatic hydroxyl groups is 2. The average Bonchev–Trinajstić information content (AvgIpc) is 2.48. The van der Waals surface area contributed by atoms with E-state index in [1.54, 1.807) is 0 Å². The molecule has 0 spiro atoms. The highest BCUT2D eigenvalue weighted by atomic mass is 28.4. The van der Waals surface area contributed by atoms with Gasteiger partial charge in [-0.15, -0.1) is 0 Å². The van der Waals surface area contributed by atoms with Gasteiger partial charge in [-0.2, -0.15) is 0 Å². The van der Waals surface area contributed by atoms with Gasteiger partial charge in [-0.1, -0.05) is 41.5 Å². The molecular weight excluding hydrogens is 380 g/mol. The van der Waals surface area contributed by atoms with Gasteiger partial charge in [-0.25, -0.2) is 0 Å². The molecule has 6 nitrogen and oxygen atoms in total. The third-order valence-corrected chi connectivity index (χ3v) is 15.5. The first-order valence-electron chi connectivity index (χ1n) is 9.81. The third-order valence-electron chi connectivity index (χ3n) is 6.53. The molecule has 2 N–H and O–H groups in total. The zero-order valence-electron chi connectivity index (χ0n) is 19.1. The SMILES string of the molecule is CO[C@@H]1O[C@H](CO[Si](C)(C)C(C)(C)C)[C@H](O)[C@H](O)[C@H]1O[Si](C)(C)C(C)(C)C. The molecule has 1 rings (SSSR count). The quantitative estimate of drug-likeness (QED) is 0.638. The van der Waals surface area contributed by atoms with Crippen LogP contribution in [0.2, 0.25) is 36.3 Å². The van der Waals surface area contributed by atoms with Gasteiger partial charge in [0.2, 0.25) is 0 Å². The Labute approximate surface area is 167 Å². The van der Waals surface area contributed by atoms with Gasteiger partial charge in [0.1, 0.15) is 24.4 Å². The zero-order chi connectivity index (χ0) is 21.4. The van der Waals surface area contributed by atoms with Crippen molar-refractivity contribution in [2.45, 2.75) is 109 Å². The van der Waals surface area contributed by atoms with Gasteiger partial charge < -0.3 is 28.5 Å². The highest BCUT2D eigenvalue weighted by Crippen LogP contribution is 2.40. The molecule has 162 valence electrons. The van der Waals surface area contributed by atoms with Crippen LogP contribution in [0, 0.1) is 0 Å². The fourth-order valence-corrected chi connectivity index (χ4v) is 4.68. The Balaban J connectivity index is 2.90. The second-order valence-corrected chi connectivity index (χ2v) is 20.2. The maximum Gasteiger partial charge on any atom is 0.192 e. The van der Waals surface area contributed by atoms with Crippen LogP contribution >= 0.6 is 0 Å². The molecule has 0 amide bonds. The number of hydrogen-bond donors (Lipinski definition) is 2. The van der Waals surface area contributed by atoms with E-state index in [0.717, 1.165) is 0 Å². The van der Waals surface area contributed by atoms with Crippen LogP contribution in [0.1, 0.15) is 41.5 Å². The molecular formula is C19H42O6Si2. The minimum Gasteiger partial charge on any atom is -0.414 e. The Bertz CT molecular complexity index is 480. The maximum absolute atomic E-state index is 10.8. The molecule has 0 radical (unpaired) electrons. The lowest BCUT2D eigenvalue weighted by molar-refractivity contribution is -0.290. The second kappa shape index (κ2) is 8.51. The van der Waals surface area contributed by atoms with E-state index in [2.05, 4.69) is 67.7 Å². The average molecular weight is 423 g/mol. The van der Waals surface area contributed by atoms with Crippen LogP contribution in [0.4, 0.5) is 0 Å². The molecule has 1 aliphatic rings. The molecule has 0 aromatic heterocycles. The summed E-state index contributed by atoms with van der Waals surface area (Å²) in [7, 11) is -2.63. The van der Waals surface area contributed by atoms with Crippen molar-refractivity contribution in [1.29, 1.82) is 0 Å². The largest absolute Gasteiger partial charge is 0.414 e. The van der Waals surface area contributed by atoms with Gasteiger partial charge >= 0.3 is 0 Å². The highest BCUT2D eigenvalue weighted by Gasteiger charge is 2.50. The first kappa shape index (κ1) is 25.2. The van der Waals surface area contributed by atoms with Crippen molar-refractivity contribution in [3.63, 3.8) is 0 Å². The Morgan fingerprint density at radius 2 is 1.33 bits per heavy atom. The molecule has 1 aliphatic heterocycles. The summed E-state index contributed by atoms with van der Waals surface area (Å²) < 4.78 is 23.9. The smallest absolute Gasteiger partial charge is 0.192 e. The summed E-state index contributed by atoms with van der Waals surface area (Å²) in [4.78, 5) is 0. The first-order valence-corrected chi connectivity index (χ1v) is 15.6. The van der Waals surface area contributed by atoms with Crippen LogP contribution in [0.15, 0.2) is 0 Å². The van der Waals surface area contributed by atoms with E-state index in [-0.39, 0.29) is 16.7 Å². The summed E-state index contributed by atoms with van der Waals surface area (Å²) in [6, 6.07) is 0. The van der Waals surface area contributed by atoms with Gasteiger partial charge in [-0.3, -0.25) is 0 Å². The summed E-state index contributed by atoms with van der Waals surface area (Å²) in [5.74, 6) is 0. The van der Waals surface area contributed by atoms with E-state index < -0.39 is 47.3 Å². The van der Waals surface area contributed by atoms with Crippen molar-refractivity contribution in [1.82, 2.24) is 0 Å². The molecule has 27 heavy (non-hydrogen) atoms. The topological polar surface area (TPSA) is 77.4 Å². The lowest BCUT2D eigenvalue weighted by atomic mass is 9.99. The predicted octanol–water partition coefficient (Wildman–Crippen LogP) is 3.49. The van der Waals surface area contributed by atoms with Crippen LogP contribution in [0.3, 0.4) is 0 Å². The van der Waals surface area contributed by atoms with Crippen molar-refractivity contribution in [3.8, 4) is 0 Å². The molecule has 5 atom stereocenters. The molecule has 0 bridgehead atoms. The van der Waals surface area contributed by atoms with Crippen molar-refractivity contribution >= 4 is 16.6 Å². The normalized spacial score (nSPS) is 31.2. The van der Waals surface area contributed by atoms with Crippen molar-refractivity contribution in [3.05, 3.63) is 0 Å². The molecule has 1 fully saturated rings. The van der Waals surface area contributed by atoms with E-state index in [9.17, 15) is 10.2 Å². The van der Waals surface area contributed by atoms with Crippen LogP contribution in [-0.2, 0) is 18.3 Å². The van der Waals surface area contributed by atoms with Crippen LogP contribution < -0.4 is 0 Å². The number of rotatable bonds is 6. The Morgan fingerprint density at radius 1 is 0.852 bits per heavy atom. The number of ether oxygens (including phenoxy) is 2. The minimum absolute atomic E-state index is 0.0295. The van der Waals surface area contributed by atoms with E-state index in [0.29, 0.717) is 0 Å². The Morgan fingerprint density at radius 3 is 1.74 bits per heavy atom. The summed E-state index contributed by atoms with van der Waals surface area (Å²) >= 11 is 0. The summed E-state index contributed by atoms with van der Waals surface area (Å²) in [6.45, 7) is 21.6. The monoisotopic (exact) mass is 422 g/mol. The van der Waals surface area contributed by atoms with Crippen LogP contribution in [0.25, 0.3) is 0 Å². The van der Waals surface area contributed by atoms with E-state index in [4.69, 9.17) is 18.3 Å². The van der Waals surface area contributed by atoms with Crippen LogP contribution in [-0.4, -0.2) is 71.3 Å². The van der Waals surface area contributed by atoms with Crippen molar-refractivity contribution in [2.75, 3.05) is 13.7 Å². The molecule has 0 aromatic rings. The molecule has 0 unspecified atom stereocenters. The van der Waals surface area contributed by atoms with E-state index in [1.165, 1.54) is 7.11 Å². The van der Waals surface area contributed by atoms with Gasteiger partial charge in [0.25, 0.3) is 0 Å². The lowest BCUT2D eigenvalue weighted by Gasteiger charge is -2.47.